The SMILES string of the molecule is CN=C(NCc1cccs1)NCC1CCCOC1c1ccccc1. The van der Waals surface area contributed by atoms with E-state index in [0.29, 0.717) is 5.92 Å². The molecular formula is C19H25N3OS. The molecule has 1 fully saturated rings. The minimum atomic E-state index is 0.169. The van der Waals surface area contributed by atoms with Crippen LogP contribution < -0.4 is 10.6 Å². The summed E-state index contributed by atoms with van der Waals surface area (Å²) in [6.07, 6.45) is 2.47. The first-order chi connectivity index (χ1) is 11.9. The van der Waals surface area contributed by atoms with Gasteiger partial charge in [-0.3, -0.25) is 4.99 Å². The third-order valence-corrected chi connectivity index (χ3v) is 5.21. The predicted octanol–water partition coefficient (Wildman–Crippen LogP) is 3.58. The zero-order chi connectivity index (χ0) is 16.6. The summed E-state index contributed by atoms with van der Waals surface area (Å²) >= 11 is 1.75. The number of nitrogens with one attached hydrogen (secondary N) is 2. The Morgan fingerprint density at radius 2 is 2.08 bits per heavy atom. The molecule has 0 spiro atoms. The van der Waals surface area contributed by atoms with Crippen LogP contribution in [0.1, 0.15) is 29.4 Å². The van der Waals surface area contributed by atoms with Crippen LogP contribution in [-0.4, -0.2) is 26.2 Å². The van der Waals surface area contributed by atoms with Crippen LogP contribution in [0.3, 0.4) is 0 Å². The number of thiophene rings is 1. The van der Waals surface area contributed by atoms with Gasteiger partial charge >= 0.3 is 0 Å². The molecule has 0 bridgehead atoms. The van der Waals surface area contributed by atoms with Gasteiger partial charge in [0.25, 0.3) is 0 Å². The van der Waals surface area contributed by atoms with Crippen LogP contribution in [0.2, 0.25) is 0 Å². The highest BCUT2D eigenvalue weighted by atomic mass is 32.1. The summed E-state index contributed by atoms with van der Waals surface area (Å²) in [6.45, 7) is 2.52. The van der Waals surface area contributed by atoms with Gasteiger partial charge in [0.2, 0.25) is 0 Å². The summed E-state index contributed by atoms with van der Waals surface area (Å²) in [5.74, 6) is 1.31. The highest BCUT2D eigenvalue weighted by molar-refractivity contribution is 7.09. The molecule has 1 saturated heterocycles. The Hall–Kier alpha value is -1.85. The summed E-state index contributed by atoms with van der Waals surface area (Å²) in [5, 5.41) is 8.93. The van der Waals surface area contributed by atoms with E-state index in [4.69, 9.17) is 4.74 Å². The molecule has 2 heterocycles. The number of aliphatic imine (C=N–C) groups is 1. The second kappa shape index (κ2) is 8.85. The third-order valence-electron chi connectivity index (χ3n) is 4.34. The maximum Gasteiger partial charge on any atom is 0.191 e. The van der Waals surface area contributed by atoms with Crippen LogP contribution >= 0.6 is 11.3 Å². The van der Waals surface area contributed by atoms with Gasteiger partial charge in [0.05, 0.1) is 12.6 Å². The van der Waals surface area contributed by atoms with Gasteiger partial charge in [-0.15, -0.1) is 11.3 Å². The summed E-state index contributed by atoms with van der Waals surface area (Å²) in [5.41, 5.74) is 1.27. The average molecular weight is 343 g/mol. The topological polar surface area (TPSA) is 45.7 Å². The molecule has 1 aromatic heterocycles. The zero-order valence-electron chi connectivity index (χ0n) is 14.1. The van der Waals surface area contributed by atoms with Crippen LogP contribution in [0.5, 0.6) is 0 Å². The van der Waals surface area contributed by atoms with E-state index in [-0.39, 0.29) is 6.10 Å². The highest BCUT2D eigenvalue weighted by Crippen LogP contribution is 2.32. The van der Waals surface area contributed by atoms with E-state index in [9.17, 15) is 0 Å². The normalized spacial score (nSPS) is 21.5. The van der Waals surface area contributed by atoms with E-state index in [1.807, 2.05) is 7.05 Å². The van der Waals surface area contributed by atoms with Gasteiger partial charge in [-0.05, 0) is 29.9 Å². The molecule has 2 atom stereocenters. The first-order valence-electron chi connectivity index (χ1n) is 8.50. The second-order valence-corrected chi connectivity index (χ2v) is 7.02. The number of benzene rings is 1. The molecule has 0 aliphatic carbocycles. The Labute approximate surface area is 148 Å². The maximum atomic E-state index is 6.06. The van der Waals surface area contributed by atoms with Gasteiger partial charge < -0.3 is 15.4 Å². The molecule has 3 rings (SSSR count). The Balaban J connectivity index is 1.54. The number of hydrogen-bond donors (Lipinski definition) is 2. The molecule has 2 N–H and O–H groups in total. The van der Waals surface area contributed by atoms with Crippen molar-refractivity contribution in [3.05, 3.63) is 58.3 Å². The number of rotatable bonds is 5. The quantitative estimate of drug-likeness (QED) is 0.644. The fraction of sp³-hybridized carbons (Fsp3) is 0.421. The Morgan fingerprint density at radius 1 is 1.21 bits per heavy atom. The fourth-order valence-electron chi connectivity index (χ4n) is 3.10. The highest BCUT2D eigenvalue weighted by Gasteiger charge is 2.27. The van der Waals surface area contributed by atoms with Crippen molar-refractivity contribution in [3.63, 3.8) is 0 Å². The monoisotopic (exact) mass is 343 g/mol. The number of guanidine groups is 1. The lowest BCUT2D eigenvalue weighted by atomic mass is 9.89. The first-order valence-corrected chi connectivity index (χ1v) is 9.38. The number of hydrogen-bond acceptors (Lipinski definition) is 3. The molecule has 128 valence electrons. The molecular weight excluding hydrogens is 318 g/mol. The van der Waals surface area contributed by atoms with Crippen molar-refractivity contribution < 1.29 is 4.74 Å². The molecule has 4 nitrogen and oxygen atoms in total. The molecule has 5 heteroatoms. The molecule has 0 amide bonds. The largest absolute Gasteiger partial charge is 0.373 e. The van der Waals surface area contributed by atoms with Gasteiger partial charge in [0.1, 0.15) is 0 Å². The van der Waals surface area contributed by atoms with E-state index in [1.54, 1.807) is 11.3 Å². The van der Waals surface area contributed by atoms with Gasteiger partial charge in [0.15, 0.2) is 5.96 Å². The smallest absolute Gasteiger partial charge is 0.191 e. The summed E-state index contributed by atoms with van der Waals surface area (Å²) in [6, 6.07) is 14.7. The van der Waals surface area contributed by atoms with Crippen molar-refractivity contribution in [1.29, 1.82) is 0 Å². The maximum absolute atomic E-state index is 6.06. The van der Waals surface area contributed by atoms with Crippen LogP contribution in [-0.2, 0) is 11.3 Å². The van der Waals surface area contributed by atoms with Crippen LogP contribution in [0, 0.1) is 5.92 Å². The Bertz CT molecular complexity index is 627. The lowest BCUT2D eigenvalue weighted by molar-refractivity contribution is -0.0265. The van der Waals surface area contributed by atoms with Crippen molar-refractivity contribution in [1.82, 2.24) is 10.6 Å². The second-order valence-electron chi connectivity index (χ2n) is 5.99. The zero-order valence-corrected chi connectivity index (χ0v) is 14.9. The average Bonchev–Trinajstić information content (AvgIpc) is 3.16. The number of nitrogens with zero attached hydrogens (tertiary/aromatic N) is 1. The fourth-order valence-corrected chi connectivity index (χ4v) is 3.74. The van der Waals surface area contributed by atoms with Crippen molar-refractivity contribution in [2.45, 2.75) is 25.5 Å². The summed E-state index contributed by atoms with van der Waals surface area (Å²) in [7, 11) is 1.82. The lowest BCUT2D eigenvalue weighted by Gasteiger charge is -2.32. The molecule has 0 saturated carbocycles. The lowest BCUT2D eigenvalue weighted by Crippen LogP contribution is -2.41. The Kier molecular flexibility index (Phi) is 6.26. The van der Waals surface area contributed by atoms with E-state index < -0.39 is 0 Å². The van der Waals surface area contributed by atoms with Crippen molar-refractivity contribution in [3.8, 4) is 0 Å². The summed E-state index contributed by atoms with van der Waals surface area (Å²) < 4.78 is 6.06. The van der Waals surface area contributed by atoms with Gasteiger partial charge in [-0.25, -0.2) is 0 Å². The van der Waals surface area contributed by atoms with E-state index in [0.717, 1.165) is 32.1 Å². The van der Waals surface area contributed by atoms with Crippen molar-refractivity contribution in [2.24, 2.45) is 10.9 Å². The predicted molar refractivity (Wildman–Crippen MR) is 100 cm³/mol. The van der Waals surface area contributed by atoms with Crippen molar-refractivity contribution >= 4 is 17.3 Å². The Morgan fingerprint density at radius 3 is 2.83 bits per heavy atom. The van der Waals surface area contributed by atoms with Crippen molar-refractivity contribution in [2.75, 3.05) is 20.2 Å². The van der Waals surface area contributed by atoms with E-state index in [2.05, 4.69) is 63.5 Å². The van der Waals surface area contributed by atoms with E-state index >= 15 is 0 Å². The van der Waals surface area contributed by atoms with Crippen LogP contribution in [0.25, 0.3) is 0 Å². The molecule has 1 aromatic carbocycles. The van der Waals surface area contributed by atoms with Crippen LogP contribution in [0.15, 0.2) is 52.8 Å². The molecule has 0 radical (unpaired) electrons. The molecule has 2 unspecified atom stereocenters. The minimum absolute atomic E-state index is 0.169. The summed E-state index contributed by atoms with van der Waals surface area (Å²) in [4.78, 5) is 5.63. The van der Waals surface area contributed by atoms with Gasteiger partial charge in [0, 0.05) is 31.0 Å². The standard InChI is InChI=1S/C19H25N3OS/c1-20-19(22-14-17-10-6-12-24-17)21-13-16-9-5-11-23-18(16)15-7-3-2-4-8-15/h2-4,6-8,10,12,16,18H,5,9,11,13-14H2,1H3,(H2,20,21,22). The molecule has 1 aliphatic rings. The van der Waals surface area contributed by atoms with Crippen LogP contribution in [0.4, 0.5) is 0 Å². The van der Waals surface area contributed by atoms with Gasteiger partial charge in [-0.2, -0.15) is 0 Å². The number of ether oxygens (including phenoxy) is 1. The third kappa shape index (κ3) is 4.58. The van der Waals surface area contributed by atoms with E-state index in [1.165, 1.54) is 16.9 Å². The van der Waals surface area contributed by atoms with Gasteiger partial charge in [-0.1, -0.05) is 36.4 Å². The molecule has 2 aromatic rings. The molecule has 24 heavy (non-hydrogen) atoms. The molecule has 1 aliphatic heterocycles. The first kappa shape index (κ1) is 17.0. The minimum Gasteiger partial charge on any atom is -0.373 e.